The first-order valence-corrected chi connectivity index (χ1v) is 6.81. The molecule has 2 aliphatic rings. The first kappa shape index (κ1) is 13.5. The van der Waals surface area contributed by atoms with Crippen molar-refractivity contribution < 1.29 is 14.3 Å². The fourth-order valence-electron chi connectivity index (χ4n) is 2.88. The van der Waals surface area contributed by atoms with Gasteiger partial charge < -0.3 is 16.2 Å². The summed E-state index contributed by atoms with van der Waals surface area (Å²) in [5, 5.41) is 0. The maximum Gasteiger partial charge on any atom is 0.333 e. The normalized spacial score (nSPS) is 25.7. The van der Waals surface area contributed by atoms with Crippen LogP contribution in [0.2, 0.25) is 0 Å². The van der Waals surface area contributed by atoms with Crippen molar-refractivity contribution in [2.24, 2.45) is 11.5 Å². The Labute approximate surface area is 107 Å². The average molecular weight is 254 g/mol. The van der Waals surface area contributed by atoms with Crippen molar-refractivity contribution in [3.63, 3.8) is 0 Å². The minimum atomic E-state index is -0.983. The van der Waals surface area contributed by atoms with E-state index in [4.69, 9.17) is 16.2 Å². The van der Waals surface area contributed by atoms with Crippen molar-refractivity contribution in [3.8, 4) is 0 Å². The lowest BCUT2D eigenvalue weighted by atomic mass is 9.82. The van der Waals surface area contributed by atoms with Crippen LogP contribution in [0.15, 0.2) is 0 Å². The van der Waals surface area contributed by atoms with Gasteiger partial charge in [-0.05, 0) is 25.7 Å². The van der Waals surface area contributed by atoms with Crippen molar-refractivity contribution in [2.75, 3.05) is 0 Å². The van der Waals surface area contributed by atoms with Crippen LogP contribution >= 0.6 is 0 Å². The zero-order valence-electron chi connectivity index (χ0n) is 10.7. The van der Waals surface area contributed by atoms with Crippen molar-refractivity contribution in [1.82, 2.24) is 0 Å². The number of carbonyl (C=O) groups is 2. The molecule has 2 rings (SSSR count). The van der Waals surface area contributed by atoms with E-state index in [2.05, 4.69) is 0 Å². The Balaban J connectivity index is 1.96. The summed E-state index contributed by atoms with van der Waals surface area (Å²) in [5.41, 5.74) is 10.0. The van der Waals surface area contributed by atoms with Crippen LogP contribution in [0.1, 0.15) is 57.8 Å². The van der Waals surface area contributed by atoms with Gasteiger partial charge >= 0.3 is 11.9 Å². The molecule has 0 amide bonds. The zero-order valence-corrected chi connectivity index (χ0v) is 10.7. The van der Waals surface area contributed by atoms with E-state index in [9.17, 15) is 9.59 Å². The second-order valence-electron chi connectivity index (χ2n) is 5.76. The molecule has 2 fully saturated rings. The third-order valence-corrected chi connectivity index (χ3v) is 4.24. The molecule has 0 aromatic heterocycles. The van der Waals surface area contributed by atoms with Crippen molar-refractivity contribution in [3.05, 3.63) is 0 Å². The molecular formula is C13H22N2O3. The fraction of sp³-hybridized carbons (Fsp3) is 0.846. The van der Waals surface area contributed by atoms with Crippen LogP contribution in [0.3, 0.4) is 0 Å². The molecule has 2 saturated carbocycles. The summed E-state index contributed by atoms with van der Waals surface area (Å²) in [6.45, 7) is 0. The van der Waals surface area contributed by atoms with Gasteiger partial charge in [-0.3, -0.25) is 0 Å². The molecule has 0 heterocycles. The summed E-state index contributed by atoms with van der Waals surface area (Å²) in [6.07, 6.45) is 7.10. The maximum atomic E-state index is 12.0. The van der Waals surface area contributed by atoms with Crippen molar-refractivity contribution in [2.45, 2.75) is 68.9 Å². The molecule has 5 nitrogen and oxygen atoms in total. The largest absolute Gasteiger partial charge is 0.390 e. The molecule has 0 aromatic rings. The predicted molar refractivity (Wildman–Crippen MR) is 66.5 cm³/mol. The Bertz CT molecular complexity index is 342. The number of hydrogen-bond donors (Lipinski definition) is 2. The minimum Gasteiger partial charge on any atom is -0.390 e. The quantitative estimate of drug-likeness (QED) is 0.566. The first-order valence-electron chi connectivity index (χ1n) is 6.81. The summed E-state index contributed by atoms with van der Waals surface area (Å²) < 4.78 is 4.95. The van der Waals surface area contributed by atoms with Crippen LogP contribution in [0, 0.1) is 0 Å². The van der Waals surface area contributed by atoms with E-state index in [1.54, 1.807) is 0 Å². The van der Waals surface area contributed by atoms with Crippen LogP contribution in [0.5, 0.6) is 0 Å². The summed E-state index contributed by atoms with van der Waals surface area (Å²) in [4.78, 5) is 23.9. The molecule has 4 N–H and O–H groups in total. The molecule has 0 saturated heterocycles. The monoisotopic (exact) mass is 254 g/mol. The van der Waals surface area contributed by atoms with Gasteiger partial charge in [0.25, 0.3) is 0 Å². The van der Waals surface area contributed by atoms with Crippen molar-refractivity contribution >= 4 is 11.9 Å². The van der Waals surface area contributed by atoms with Crippen LogP contribution < -0.4 is 11.5 Å². The van der Waals surface area contributed by atoms with Crippen LogP contribution in [-0.4, -0.2) is 23.0 Å². The standard InChI is InChI=1S/C13H22N2O3/c14-12(6-2-1-3-7-12)10(16)18-11(17)13(15)8-4-5-9-13/h1-9,14-15H2. The molecule has 102 valence electrons. The molecule has 18 heavy (non-hydrogen) atoms. The van der Waals surface area contributed by atoms with Gasteiger partial charge in [-0.25, -0.2) is 9.59 Å². The molecule has 0 aromatic carbocycles. The zero-order chi connectivity index (χ0) is 13.2. The molecule has 0 spiro atoms. The smallest absolute Gasteiger partial charge is 0.333 e. The van der Waals surface area contributed by atoms with E-state index in [0.717, 1.165) is 32.1 Å². The minimum absolute atomic E-state index is 0.594. The molecule has 0 radical (unpaired) electrons. The number of esters is 2. The molecule has 0 bridgehead atoms. The van der Waals surface area contributed by atoms with E-state index in [1.165, 1.54) is 0 Å². The molecule has 0 atom stereocenters. The summed E-state index contributed by atoms with van der Waals surface area (Å²) in [5.74, 6) is -1.19. The number of carbonyl (C=O) groups excluding carboxylic acids is 2. The lowest BCUT2D eigenvalue weighted by Gasteiger charge is -2.31. The molecule has 0 unspecified atom stereocenters. The SMILES string of the molecule is NC1(C(=O)OC(=O)C2(N)CCCC2)CCCCC1. The Morgan fingerprint density at radius 2 is 1.06 bits per heavy atom. The van der Waals surface area contributed by atoms with E-state index < -0.39 is 23.0 Å². The van der Waals surface area contributed by atoms with Gasteiger partial charge in [-0.1, -0.05) is 32.1 Å². The predicted octanol–water partition coefficient (Wildman–Crippen LogP) is 0.989. The Kier molecular flexibility index (Phi) is 3.73. The fourth-order valence-corrected chi connectivity index (χ4v) is 2.88. The van der Waals surface area contributed by atoms with Gasteiger partial charge in [0.2, 0.25) is 0 Å². The van der Waals surface area contributed by atoms with Crippen LogP contribution in [0.4, 0.5) is 0 Å². The highest BCUT2D eigenvalue weighted by Crippen LogP contribution is 2.31. The topological polar surface area (TPSA) is 95.4 Å². The Hall–Kier alpha value is -0.940. The van der Waals surface area contributed by atoms with Crippen LogP contribution in [0.25, 0.3) is 0 Å². The number of ether oxygens (including phenoxy) is 1. The van der Waals surface area contributed by atoms with Gasteiger partial charge in [-0.2, -0.15) is 0 Å². The second kappa shape index (κ2) is 4.97. The lowest BCUT2D eigenvalue weighted by Crippen LogP contribution is -2.54. The highest BCUT2D eigenvalue weighted by atomic mass is 16.6. The summed E-state index contributed by atoms with van der Waals surface area (Å²) in [7, 11) is 0. The maximum absolute atomic E-state index is 12.0. The average Bonchev–Trinajstić information content (AvgIpc) is 2.78. The lowest BCUT2D eigenvalue weighted by molar-refractivity contribution is -0.168. The van der Waals surface area contributed by atoms with Gasteiger partial charge in [0.15, 0.2) is 0 Å². The van der Waals surface area contributed by atoms with Gasteiger partial charge in [-0.15, -0.1) is 0 Å². The van der Waals surface area contributed by atoms with Gasteiger partial charge in [0, 0.05) is 0 Å². The first-order chi connectivity index (χ1) is 8.46. The summed E-state index contributed by atoms with van der Waals surface area (Å²) in [6, 6.07) is 0. The van der Waals surface area contributed by atoms with E-state index in [1.807, 2.05) is 0 Å². The third-order valence-electron chi connectivity index (χ3n) is 4.24. The number of rotatable bonds is 2. The molecule has 2 aliphatic carbocycles. The van der Waals surface area contributed by atoms with Crippen LogP contribution in [-0.2, 0) is 14.3 Å². The third kappa shape index (κ3) is 2.57. The van der Waals surface area contributed by atoms with E-state index in [0.29, 0.717) is 25.7 Å². The summed E-state index contributed by atoms with van der Waals surface area (Å²) >= 11 is 0. The Morgan fingerprint density at radius 3 is 1.44 bits per heavy atom. The molecular weight excluding hydrogens is 232 g/mol. The highest BCUT2D eigenvalue weighted by Gasteiger charge is 2.44. The molecule has 0 aliphatic heterocycles. The Morgan fingerprint density at radius 1 is 0.722 bits per heavy atom. The van der Waals surface area contributed by atoms with Crippen molar-refractivity contribution in [1.29, 1.82) is 0 Å². The van der Waals surface area contributed by atoms with E-state index in [-0.39, 0.29) is 0 Å². The highest BCUT2D eigenvalue weighted by molar-refractivity contribution is 5.95. The molecule has 5 heteroatoms. The second-order valence-corrected chi connectivity index (χ2v) is 5.76. The number of nitrogens with two attached hydrogens (primary N) is 2. The van der Waals surface area contributed by atoms with E-state index >= 15 is 0 Å². The van der Waals surface area contributed by atoms with Gasteiger partial charge in [0.1, 0.15) is 11.1 Å². The van der Waals surface area contributed by atoms with Gasteiger partial charge in [0.05, 0.1) is 0 Å². The number of hydrogen-bond acceptors (Lipinski definition) is 5.